The second-order valence-electron chi connectivity index (χ2n) is 5.60. The Bertz CT molecular complexity index is 464. The maximum absolute atomic E-state index is 13.1. The Hall–Kier alpha value is -1.47. The third kappa shape index (κ3) is 4.96. The molecule has 0 spiro atoms. The molecule has 0 heterocycles. The molecule has 0 radical (unpaired) electrons. The van der Waals surface area contributed by atoms with Gasteiger partial charge in [0.2, 0.25) is 0 Å². The number of nitrogens with one attached hydrogen (secondary N) is 1. The van der Waals surface area contributed by atoms with Gasteiger partial charge in [-0.05, 0) is 36.5 Å². The zero-order valence-electron chi connectivity index (χ0n) is 11.6. The van der Waals surface area contributed by atoms with Crippen molar-refractivity contribution in [3.63, 3.8) is 0 Å². The SMILES string of the molecule is CC(NCC(C)(C)CCC#N)c1ccc(F)c(F)c1. The van der Waals surface area contributed by atoms with E-state index in [0.717, 1.165) is 24.6 Å². The van der Waals surface area contributed by atoms with Crippen LogP contribution in [0.4, 0.5) is 8.78 Å². The number of benzene rings is 1. The highest BCUT2D eigenvalue weighted by atomic mass is 19.2. The molecule has 1 unspecified atom stereocenters. The first kappa shape index (κ1) is 15.6. The molecule has 0 aliphatic heterocycles. The molecule has 0 aromatic heterocycles. The van der Waals surface area contributed by atoms with Gasteiger partial charge >= 0.3 is 0 Å². The zero-order chi connectivity index (χ0) is 14.5. The first-order valence-electron chi connectivity index (χ1n) is 6.41. The maximum Gasteiger partial charge on any atom is 0.159 e. The summed E-state index contributed by atoms with van der Waals surface area (Å²) in [5, 5.41) is 11.9. The summed E-state index contributed by atoms with van der Waals surface area (Å²) in [6.07, 6.45) is 1.33. The van der Waals surface area contributed by atoms with E-state index < -0.39 is 11.6 Å². The first-order chi connectivity index (χ1) is 8.85. The van der Waals surface area contributed by atoms with Crippen molar-refractivity contribution in [3.05, 3.63) is 35.4 Å². The summed E-state index contributed by atoms with van der Waals surface area (Å²) in [7, 11) is 0. The van der Waals surface area contributed by atoms with Gasteiger partial charge in [0.25, 0.3) is 0 Å². The topological polar surface area (TPSA) is 35.8 Å². The lowest BCUT2D eigenvalue weighted by atomic mass is 9.87. The van der Waals surface area contributed by atoms with Crippen molar-refractivity contribution in [1.82, 2.24) is 5.32 Å². The van der Waals surface area contributed by atoms with Crippen LogP contribution in [-0.4, -0.2) is 6.54 Å². The highest BCUT2D eigenvalue weighted by Gasteiger charge is 2.19. The van der Waals surface area contributed by atoms with Crippen LogP contribution in [0.1, 0.15) is 45.2 Å². The average Bonchev–Trinajstić information content (AvgIpc) is 2.37. The van der Waals surface area contributed by atoms with Gasteiger partial charge in [0.05, 0.1) is 6.07 Å². The van der Waals surface area contributed by atoms with Crippen LogP contribution < -0.4 is 5.32 Å². The minimum Gasteiger partial charge on any atom is -0.310 e. The molecule has 0 saturated carbocycles. The molecule has 0 saturated heterocycles. The molecule has 0 aliphatic carbocycles. The number of hydrogen-bond donors (Lipinski definition) is 1. The molecule has 1 aromatic rings. The van der Waals surface area contributed by atoms with Crippen molar-refractivity contribution in [2.24, 2.45) is 5.41 Å². The molecule has 2 nitrogen and oxygen atoms in total. The normalized spacial score (nSPS) is 13.1. The highest BCUT2D eigenvalue weighted by molar-refractivity contribution is 5.20. The third-order valence-electron chi connectivity index (χ3n) is 3.24. The van der Waals surface area contributed by atoms with E-state index in [1.54, 1.807) is 6.07 Å². The fourth-order valence-electron chi connectivity index (χ4n) is 1.81. The Morgan fingerprint density at radius 2 is 2.00 bits per heavy atom. The van der Waals surface area contributed by atoms with Gasteiger partial charge in [-0.15, -0.1) is 0 Å². The summed E-state index contributed by atoms with van der Waals surface area (Å²) in [6.45, 7) is 6.78. The van der Waals surface area contributed by atoms with Gasteiger partial charge in [-0.25, -0.2) is 8.78 Å². The fraction of sp³-hybridized carbons (Fsp3) is 0.533. The van der Waals surface area contributed by atoms with Crippen LogP contribution in [0.15, 0.2) is 18.2 Å². The van der Waals surface area contributed by atoms with Gasteiger partial charge < -0.3 is 5.32 Å². The van der Waals surface area contributed by atoms with Gasteiger partial charge in [0, 0.05) is 19.0 Å². The average molecular weight is 266 g/mol. The van der Waals surface area contributed by atoms with Crippen molar-refractivity contribution in [2.75, 3.05) is 6.54 Å². The number of nitriles is 1. The largest absolute Gasteiger partial charge is 0.310 e. The van der Waals surface area contributed by atoms with Gasteiger partial charge in [0.1, 0.15) is 0 Å². The van der Waals surface area contributed by atoms with E-state index in [1.165, 1.54) is 6.07 Å². The van der Waals surface area contributed by atoms with E-state index >= 15 is 0 Å². The number of rotatable bonds is 6. The lowest BCUT2D eigenvalue weighted by molar-refractivity contribution is 0.304. The van der Waals surface area contributed by atoms with Crippen LogP contribution in [-0.2, 0) is 0 Å². The summed E-state index contributed by atoms with van der Waals surface area (Å²) in [5.41, 5.74) is 0.720. The van der Waals surface area contributed by atoms with E-state index in [4.69, 9.17) is 5.26 Å². The van der Waals surface area contributed by atoms with Crippen LogP contribution >= 0.6 is 0 Å². The predicted octanol–water partition coefficient (Wildman–Crippen LogP) is 3.95. The van der Waals surface area contributed by atoms with Gasteiger partial charge in [-0.2, -0.15) is 5.26 Å². The molecule has 0 amide bonds. The van der Waals surface area contributed by atoms with Crippen LogP contribution in [0.2, 0.25) is 0 Å². The Morgan fingerprint density at radius 3 is 2.58 bits per heavy atom. The van der Waals surface area contributed by atoms with E-state index in [0.29, 0.717) is 6.42 Å². The smallest absolute Gasteiger partial charge is 0.159 e. The molecule has 0 aliphatic rings. The summed E-state index contributed by atoms with van der Waals surface area (Å²) >= 11 is 0. The van der Waals surface area contributed by atoms with E-state index in [2.05, 4.69) is 25.2 Å². The fourth-order valence-corrected chi connectivity index (χ4v) is 1.81. The number of nitrogens with zero attached hydrogens (tertiary/aromatic N) is 1. The Morgan fingerprint density at radius 1 is 1.32 bits per heavy atom. The molecule has 1 rings (SSSR count). The van der Waals surface area contributed by atoms with Crippen LogP contribution in [0, 0.1) is 28.4 Å². The van der Waals surface area contributed by atoms with Crippen LogP contribution in [0.5, 0.6) is 0 Å². The molecule has 4 heteroatoms. The van der Waals surface area contributed by atoms with Crippen LogP contribution in [0.25, 0.3) is 0 Å². The Kier molecular flexibility index (Phi) is 5.44. The molecule has 1 N–H and O–H groups in total. The zero-order valence-corrected chi connectivity index (χ0v) is 11.6. The molecule has 1 aromatic carbocycles. The van der Waals surface area contributed by atoms with E-state index in [9.17, 15) is 8.78 Å². The second kappa shape index (κ2) is 6.63. The van der Waals surface area contributed by atoms with Crippen LogP contribution in [0.3, 0.4) is 0 Å². The quantitative estimate of drug-likeness (QED) is 0.846. The molecule has 19 heavy (non-hydrogen) atoms. The van der Waals surface area contributed by atoms with Gasteiger partial charge in [-0.3, -0.25) is 0 Å². The first-order valence-corrected chi connectivity index (χ1v) is 6.41. The molecule has 1 atom stereocenters. The second-order valence-corrected chi connectivity index (χ2v) is 5.60. The lowest BCUT2D eigenvalue weighted by Crippen LogP contribution is -2.31. The van der Waals surface area contributed by atoms with Gasteiger partial charge in [0.15, 0.2) is 11.6 Å². The minimum absolute atomic E-state index is 0.00254. The van der Waals surface area contributed by atoms with E-state index in [-0.39, 0.29) is 11.5 Å². The van der Waals surface area contributed by atoms with Crippen molar-refractivity contribution in [2.45, 2.75) is 39.7 Å². The third-order valence-corrected chi connectivity index (χ3v) is 3.24. The van der Waals surface area contributed by atoms with E-state index in [1.807, 2.05) is 6.92 Å². The summed E-state index contributed by atoms with van der Waals surface area (Å²) in [5.74, 6) is -1.65. The number of halogens is 2. The molecule has 0 fully saturated rings. The van der Waals surface area contributed by atoms with Crippen molar-refractivity contribution >= 4 is 0 Å². The molecular weight excluding hydrogens is 246 g/mol. The molecular formula is C15H20F2N2. The van der Waals surface area contributed by atoms with Gasteiger partial charge in [-0.1, -0.05) is 19.9 Å². The Balaban J connectivity index is 2.57. The maximum atomic E-state index is 13.1. The summed E-state index contributed by atoms with van der Waals surface area (Å²) < 4.78 is 26.0. The minimum atomic E-state index is -0.828. The number of hydrogen-bond acceptors (Lipinski definition) is 2. The monoisotopic (exact) mass is 266 g/mol. The Labute approximate surface area is 113 Å². The van der Waals surface area contributed by atoms with Crippen molar-refractivity contribution < 1.29 is 8.78 Å². The standard InChI is InChI=1S/C15H20F2N2/c1-11(12-5-6-13(16)14(17)9-12)19-10-15(2,3)7-4-8-18/h5-6,9,11,19H,4,7,10H2,1-3H3. The predicted molar refractivity (Wildman–Crippen MR) is 71.4 cm³/mol. The summed E-state index contributed by atoms with van der Waals surface area (Å²) in [6, 6.07) is 6.02. The van der Waals surface area contributed by atoms with Crippen molar-refractivity contribution in [1.29, 1.82) is 5.26 Å². The summed E-state index contributed by atoms with van der Waals surface area (Å²) in [4.78, 5) is 0. The lowest BCUT2D eigenvalue weighted by Gasteiger charge is -2.26. The molecule has 104 valence electrons. The highest BCUT2D eigenvalue weighted by Crippen LogP contribution is 2.23. The van der Waals surface area contributed by atoms with Crippen molar-refractivity contribution in [3.8, 4) is 6.07 Å². The molecule has 0 bridgehead atoms.